The Balaban J connectivity index is 2.75. The van der Waals surface area contributed by atoms with Crippen LogP contribution in [0.2, 0.25) is 5.02 Å². The molecule has 1 aromatic rings. The number of rotatable bonds is 8. The molecule has 0 saturated carbocycles. The van der Waals surface area contributed by atoms with Gasteiger partial charge in [0.05, 0.1) is 24.0 Å². The molecular weight excluding hydrogens is 384 g/mol. The van der Waals surface area contributed by atoms with E-state index in [-0.39, 0.29) is 13.0 Å². The van der Waals surface area contributed by atoms with Crippen LogP contribution in [0.15, 0.2) is 24.3 Å². The molecule has 0 amide bonds. The van der Waals surface area contributed by atoms with Gasteiger partial charge in [-0.3, -0.25) is 9.59 Å². The van der Waals surface area contributed by atoms with Crippen LogP contribution in [-0.4, -0.2) is 54.0 Å². The Morgan fingerprint density at radius 1 is 1.29 bits per heavy atom. The van der Waals surface area contributed by atoms with Crippen LogP contribution in [0.3, 0.4) is 0 Å². The highest BCUT2D eigenvalue weighted by Crippen LogP contribution is 2.57. The molecule has 8 heteroatoms. The number of nitrogens with one attached hydrogen (secondary N) is 1. The Morgan fingerprint density at radius 3 is 2.43 bits per heavy atom. The Bertz CT molecular complexity index is 730. The summed E-state index contributed by atoms with van der Waals surface area (Å²) in [6.07, 6.45) is 0.206. The zero-order chi connectivity index (χ0) is 21.1. The molecular formula is C20H29ClN2O5. The van der Waals surface area contributed by atoms with E-state index in [1.807, 2.05) is 0 Å². The van der Waals surface area contributed by atoms with Crippen LogP contribution in [0.1, 0.15) is 38.7 Å². The van der Waals surface area contributed by atoms with Crippen molar-refractivity contribution in [1.82, 2.24) is 5.32 Å². The lowest BCUT2D eigenvalue weighted by Gasteiger charge is -2.56. The molecule has 5 atom stereocenters. The zero-order valence-corrected chi connectivity index (χ0v) is 17.2. The van der Waals surface area contributed by atoms with E-state index in [9.17, 15) is 19.8 Å². The van der Waals surface area contributed by atoms with Crippen molar-refractivity contribution in [2.75, 3.05) is 19.8 Å². The van der Waals surface area contributed by atoms with Gasteiger partial charge in [-0.1, -0.05) is 36.7 Å². The highest BCUT2D eigenvalue weighted by molar-refractivity contribution is 6.31. The van der Waals surface area contributed by atoms with Crippen LogP contribution in [0.5, 0.6) is 0 Å². The maximum atomic E-state index is 12.7. The molecule has 3 unspecified atom stereocenters. The van der Waals surface area contributed by atoms with E-state index in [1.165, 1.54) is 0 Å². The van der Waals surface area contributed by atoms with Gasteiger partial charge in [0.2, 0.25) is 0 Å². The summed E-state index contributed by atoms with van der Waals surface area (Å²) >= 11 is 6.45. The molecule has 0 aromatic heterocycles. The van der Waals surface area contributed by atoms with Crippen LogP contribution in [0.4, 0.5) is 0 Å². The number of nitrogens with two attached hydrogens (primary N) is 1. The maximum Gasteiger partial charge on any atom is 0.311 e. The molecule has 5 N–H and O–H groups in total. The molecule has 0 radical (unpaired) electrons. The Morgan fingerprint density at radius 2 is 1.93 bits per heavy atom. The van der Waals surface area contributed by atoms with E-state index in [0.717, 1.165) is 0 Å². The van der Waals surface area contributed by atoms with Gasteiger partial charge in [-0.05, 0) is 31.9 Å². The van der Waals surface area contributed by atoms with E-state index in [1.54, 1.807) is 45.0 Å². The van der Waals surface area contributed by atoms with Crippen molar-refractivity contribution in [1.29, 1.82) is 0 Å². The second kappa shape index (κ2) is 8.78. The summed E-state index contributed by atoms with van der Waals surface area (Å²) in [5.74, 6) is -3.01. The minimum atomic E-state index is -1.43. The van der Waals surface area contributed by atoms with Crippen molar-refractivity contribution in [3.63, 3.8) is 0 Å². The predicted octanol–water partition coefficient (Wildman–Crippen LogP) is 2.33. The monoisotopic (exact) mass is 412 g/mol. The predicted molar refractivity (Wildman–Crippen MR) is 107 cm³/mol. The van der Waals surface area contributed by atoms with Crippen molar-refractivity contribution >= 4 is 23.5 Å². The summed E-state index contributed by atoms with van der Waals surface area (Å²) < 4.78 is 5.59. The molecule has 0 aliphatic carbocycles. The normalized spacial score (nSPS) is 32.8. The van der Waals surface area contributed by atoms with Gasteiger partial charge in [0.15, 0.2) is 0 Å². The molecule has 2 rings (SSSR count). The lowest BCUT2D eigenvalue weighted by molar-refractivity contribution is -0.174. The molecule has 1 aromatic carbocycles. The Labute approximate surface area is 170 Å². The molecule has 28 heavy (non-hydrogen) atoms. The Kier molecular flexibility index (Phi) is 7.09. The fraction of sp³-hybridized carbons (Fsp3) is 0.600. The van der Waals surface area contributed by atoms with Crippen molar-refractivity contribution in [2.24, 2.45) is 16.6 Å². The topological polar surface area (TPSA) is 122 Å². The van der Waals surface area contributed by atoms with E-state index in [4.69, 9.17) is 22.1 Å². The average molecular weight is 413 g/mol. The van der Waals surface area contributed by atoms with Crippen LogP contribution in [0, 0.1) is 10.8 Å². The Hall–Kier alpha value is -1.67. The molecule has 0 bridgehead atoms. The first kappa shape index (κ1) is 22.6. The smallest absolute Gasteiger partial charge is 0.311 e. The highest BCUT2D eigenvalue weighted by atomic mass is 35.5. The van der Waals surface area contributed by atoms with E-state index in [2.05, 4.69) is 5.32 Å². The third kappa shape index (κ3) is 3.52. The molecule has 1 fully saturated rings. The number of carbonyl (C=O) groups is 2. The first-order valence-electron chi connectivity index (χ1n) is 9.42. The molecule has 1 heterocycles. The minimum Gasteiger partial charge on any atom is -0.481 e. The summed E-state index contributed by atoms with van der Waals surface area (Å²) in [6, 6.07) is 5.75. The lowest BCUT2D eigenvalue weighted by Crippen LogP contribution is -2.70. The highest BCUT2D eigenvalue weighted by Gasteiger charge is 2.65. The van der Waals surface area contributed by atoms with Crippen LogP contribution in [-0.2, 0) is 14.3 Å². The molecule has 1 saturated heterocycles. The number of carboxylic acid groups (broad SMARTS) is 2. The SMILES string of the molecule is CC[C@]1(C(=O)O)C(c2ccccc2Cl)C(C)(C(=O)O)C(C)N[C@H]1COCCN. The van der Waals surface area contributed by atoms with Gasteiger partial charge in [-0.15, -0.1) is 0 Å². The molecule has 156 valence electrons. The van der Waals surface area contributed by atoms with E-state index >= 15 is 0 Å². The van der Waals surface area contributed by atoms with Gasteiger partial charge in [-0.2, -0.15) is 0 Å². The van der Waals surface area contributed by atoms with Gasteiger partial charge in [0.25, 0.3) is 0 Å². The second-order valence-corrected chi connectivity index (χ2v) is 7.95. The minimum absolute atomic E-state index is 0.109. The van der Waals surface area contributed by atoms with Crippen molar-refractivity contribution in [3.05, 3.63) is 34.9 Å². The first-order valence-corrected chi connectivity index (χ1v) is 9.80. The standard InChI is InChI=1S/C20H29ClN2O5/c1-4-20(18(26)27)15(11-28-10-9-22)23-12(2)19(3,17(24)25)16(20)13-7-5-6-8-14(13)21/h5-8,12,15-16,23H,4,9-11,22H2,1-3H3,(H,24,25)(H,26,27)/t12?,15-,16?,19?,20+/m0/s1. The third-order valence-electron chi connectivity index (χ3n) is 6.29. The fourth-order valence-electron chi connectivity index (χ4n) is 4.58. The van der Waals surface area contributed by atoms with Crippen LogP contribution < -0.4 is 11.1 Å². The number of piperidine rings is 1. The number of ether oxygens (including phenoxy) is 1. The van der Waals surface area contributed by atoms with E-state index in [0.29, 0.717) is 23.7 Å². The fourth-order valence-corrected chi connectivity index (χ4v) is 4.83. The number of hydrogen-bond donors (Lipinski definition) is 4. The number of benzene rings is 1. The number of aliphatic carboxylic acids is 2. The number of carboxylic acids is 2. The van der Waals surface area contributed by atoms with Crippen LogP contribution in [0.25, 0.3) is 0 Å². The summed E-state index contributed by atoms with van der Waals surface area (Å²) in [5, 5.41) is 24.1. The third-order valence-corrected chi connectivity index (χ3v) is 6.64. The van der Waals surface area contributed by atoms with Gasteiger partial charge in [0, 0.05) is 29.6 Å². The largest absolute Gasteiger partial charge is 0.481 e. The van der Waals surface area contributed by atoms with Crippen molar-refractivity contribution < 1.29 is 24.5 Å². The van der Waals surface area contributed by atoms with Gasteiger partial charge in [0.1, 0.15) is 0 Å². The van der Waals surface area contributed by atoms with Crippen molar-refractivity contribution in [3.8, 4) is 0 Å². The van der Waals surface area contributed by atoms with Gasteiger partial charge >= 0.3 is 11.9 Å². The summed E-state index contributed by atoms with van der Waals surface area (Å²) in [7, 11) is 0. The zero-order valence-electron chi connectivity index (χ0n) is 16.4. The molecule has 7 nitrogen and oxygen atoms in total. The van der Waals surface area contributed by atoms with E-state index < -0.39 is 40.8 Å². The summed E-state index contributed by atoms with van der Waals surface area (Å²) in [5.41, 5.74) is 3.19. The van der Waals surface area contributed by atoms with Crippen LogP contribution >= 0.6 is 11.6 Å². The quantitative estimate of drug-likeness (QED) is 0.483. The van der Waals surface area contributed by atoms with Gasteiger partial charge < -0.3 is 26.0 Å². The summed E-state index contributed by atoms with van der Waals surface area (Å²) in [4.78, 5) is 25.2. The molecule has 0 spiro atoms. The summed E-state index contributed by atoms with van der Waals surface area (Å²) in [6.45, 7) is 5.82. The van der Waals surface area contributed by atoms with Gasteiger partial charge in [-0.25, -0.2) is 0 Å². The molecule has 1 aliphatic heterocycles. The second-order valence-electron chi connectivity index (χ2n) is 7.55. The lowest BCUT2D eigenvalue weighted by atomic mass is 9.51. The number of halogens is 1. The maximum absolute atomic E-state index is 12.7. The average Bonchev–Trinajstić information content (AvgIpc) is 2.64. The number of hydrogen-bond acceptors (Lipinski definition) is 5. The van der Waals surface area contributed by atoms with Crippen molar-refractivity contribution in [2.45, 2.75) is 45.2 Å². The molecule has 1 aliphatic rings. The first-order chi connectivity index (χ1) is 13.2.